The highest BCUT2D eigenvalue weighted by molar-refractivity contribution is 9.10. The number of nitrogens with zero attached hydrogens (tertiary/aromatic N) is 3. The first-order valence-corrected chi connectivity index (χ1v) is 6.90. The van der Waals surface area contributed by atoms with Gasteiger partial charge in [-0.25, -0.2) is 0 Å². The van der Waals surface area contributed by atoms with E-state index in [1.165, 1.54) is 18.4 Å². The number of halogens is 1. The highest BCUT2D eigenvalue weighted by Crippen LogP contribution is 2.39. The van der Waals surface area contributed by atoms with Crippen molar-refractivity contribution in [2.45, 2.75) is 32.4 Å². The zero-order valence-electron chi connectivity index (χ0n) is 10.2. The Bertz CT molecular complexity index is 587. The SMILES string of the molecule is Cc1cc(Br)ccc1-c1nnc(CN)n1C1CC1. The van der Waals surface area contributed by atoms with Crippen molar-refractivity contribution in [3.8, 4) is 11.4 Å². The second-order valence-electron chi connectivity index (χ2n) is 4.70. The van der Waals surface area contributed by atoms with Crippen molar-refractivity contribution in [3.63, 3.8) is 0 Å². The summed E-state index contributed by atoms with van der Waals surface area (Å²) in [5.74, 6) is 1.83. The molecular weight excluding hydrogens is 292 g/mol. The minimum Gasteiger partial charge on any atom is -0.324 e. The van der Waals surface area contributed by atoms with E-state index in [2.05, 4.69) is 49.8 Å². The molecule has 1 aromatic heterocycles. The molecule has 0 aliphatic heterocycles. The van der Waals surface area contributed by atoms with Crippen LogP contribution in [0.25, 0.3) is 11.4 Å². The van der Waals surface area contributed by atoms with E-state index in [-0.39, 0.29) is 0 Å². The standard InChI is InChI=1S/C13H15BrN4/c1-8-6-9(14)2-5-11(8)13-17-16-12(7-15)18(13)10-3-4-10/h2,5-6,10H,3-4,7,15H2,1H3. The summed E-state index contributed by atoms with van der Waals surface area (Å²) in [4.78, 5) is 0. The second-order valence-corrected chi connectivity index (χ2v) is 5.62. The van der Waals surface area contributed by atoms with Crippen LogP contribution in [-0.4, -0.2) is 14.8 Å². The molecule has 4 nitrogen and oxygen atoms in total. The number of benzene rings is 1. The van der Waals surface area contributed by atoms with E-state index < -0.39 is 0 Å². The molecule has 5 heteroatoms. The predicted octanol–water partition coefficient (Wildman–Crippen LogP) is 2.81. The minimum absolute atomic E-state index is 0.444. The highest BCUT2D eigenvalue weighted by atomic mass is 79.9. The van der Waals surface area contributed by atoms with Crippen LogP contribution in [-0.2, 0) is 6.54 Å². The fourth-order valence-corrected chi connectivity index (χ4v) is 2.72. The molecule has 0 amide bonds. The summed E-state index contributed by atoms with van der Waals surface area (Å²) in [5.41, 5.74) is 8.07. The molecule has 1 fully saturated rings. The lowest BCUT2D eigenvalue weighted by atomic mass is 10.1. The van der Waals surface area contributed by atoms with Crippen molar-refractivity contribution >= 4 is 15.9 Å². The maximum Gasteiger partial charge on any atom is 0.164 e. The zero-order valence-corrected chi connectivity index (χ0v) is 11.8. The third-order valence-electron chi connectivity index (χ3n) is 3.29. The Hall–Kier alpha value is -1.20. The molecule has 1 saturated carbocycles. The summed E-state index contributed by atoms with van der Waals surface area (Å²) in [6.07, 6.45) is 2.40. The summed E-state index contributed by atoms with van der Waals surface area (Å²) in [7, 11) is 0. The summed E-state index contributed by atoms with van der Waals surface area (Å²) in [6, 6.07) is 6.76. The summed E-state index contributed by atoms with van der Waals surface area (Å²) in [5, 5.41) is 8.54. The Labute approximate surface area is 114 Å². The van der Waals surface area contributed by atoms with Gasteiger partial charge in [0.25, 0.3) is 0 Å². The maximum atomic E-state index is 5.74. The fraction of sp³-hybridized carbons (Fsp3) is 0.385. The van der Waals surface area contributed by atoms with Gasteiger partial charge >= 0.3 is 0 Å². The van der Waals surface area contributed by atoms with Gasteiger partial charge in [0.1, 0.15) is 5.82 Å². The van der Waals surface area contributed by atoms with E-state index >= 15 is 0 Å². The van der Waals surface area contributed by atoms with Crippen molar-refractivity contribution in [3.05, 3.63) is 34.1 Å². The largest absolute Gasteiger partial charge is 0.324 e. The maximum absolute atomic E-state index is 5.74. The van der Waals surface area contributed by atoms with Gasteiger partial charge in [-0.3, -0.25) is 0 Å². The third kappa shape index (κ3) is 1.97. The number of aryl methyl sites for hydroxylation is 1. The van der Waals surface area contributed by atoms with Crippen molar-refractivity contribution < 1.29 is 0 Å². The molecule has 0 spiro atoms. The lowest BCUT2D eigenvalue weighted by molar-refractivity contribution is 0.687. The molecule has 0 bridgehead atoms. The number of rotatable bonds is 3. The smallest absolute Gasteiger partial charge is 0.164 e. The van der Waals surface area contributed by atoms with Gasteiger partial charge in [-0.15, -0.1) is 10.2 Å². The van der Waals surface area contributed by atoms with Crippen LogP contribution < -0.4 is 5.73 Å². The number of hydrogen-bond donors (Lipinski definition) is 1. The average Bonchev–Trinajstić information content (AvgIpc) is 3.09. The first-order chi connectivity index (χ1) is 8.70. The van der Waals surface area contributed by atoms with Gasteiger partial charge in [-0.1, -0.05) is 15.9 Å². The van der Waals surface area contributed by atoms with Gasteiger partial charge in [-0.05, 0) is 43.5 Å². The molecule has 1 heterocycles. The molecule has 1 aromatic carbocycles. The molecule has 1 aliphatic carbocycles. The molecule has 3 rings (SSSR count). The van der Waals surface area contributed by atoms with Crippen LogP contribution in [0.3, 0.4) is 0 Å². The molecule has 0 radical (unpaired) electrons. The second kappa shape index (κ2) is 4.48. The molecule has 0 unspecified atom stereocenters. The molecule has 18 heavy (non-hydrogen) atoms. The molecule has 94 valence electrons. The number of hydrogen-bond acceptors (Lipinski definition) is 3. The topological polar surface area (TPSA) is 56.7 Å². The Kier molecular flexibility index (Phi) is 2.95. The minimum atomic E-state index is 0.444. The van der Waals surface area contributed by atoms with Gasteiger partial charge < -0.3 is 10.3 Å². The quantitative estimate of drug-likeness (QED) is 0.948. The van der Waals surface area contributed by atoms with Crippen LogP contribution in [0.15, 0.2) is 22.7 Å². The van der Waals surface area contributed by atoms with Crippen molar-refractivity contribution in [1.82, 2.24) is 14.8 Å². The molecule has 1 aliphatic rings. The van der Waals surface area contributed by atoms with Crippen LogP contribution in [0.1, 0.15) is 30.3 Å². The van der Waals surface area contributed by atoms with Crippen LogP contribution >= 0.6 is 15.9 Å². The molecule has 0 atom stereocenters. The number of aromatic nitrogens is 3. The van der Waals surface area contributed by atoms with Crippen LogP contribution in [0.2, 0.25) is 0 Å². The molecule has 2 aromatic rings. The Morgan fingerprint density at radius 1 is 1.39 bits per heavy atom. The fourth-order valence-electron chi connectivity index (χ4n) is 2.24. The third-order valence-corrected chi connectivity index (χ3v) is 3.78. The van der Waals surface area contributed by atoms with E-state index in [1.807, 2.05) is 6.07 Å². The van der Waals surface area contributed by atoms with E-state index in [0.717, 1.165) is 21.7 Å². The first kappa shape index (κ1) is 11.9. The summed E-state index contributed by atoms with van der Waals surface area (Å²) in [6.45, 7) is 2.53. The van der Waals surface area contributed by atoms with Crippen LogP contribution in [0.4, 0.5) is 0 Å². The first-order valence-electron chi connectivity index (χ1n) is 6.11. The Morgan fingerprint density at radius 3 is 2.78 bits per heavy atom. The summed E-state index contributed by atoms with van der Waals surface area (Å²) < 4.78 is 3.29. The van der Waals surface area contributed by atoms with Gasteiger partial charge in [0.2, 0.25) is 0 Å². The monoisotopic (exact) mass is 306 g/mol. The zero-order chi connectivity index (χ0) is 12.7. The lowest BCUT2D eigenvalue weighted by Crippen LogP contribution is -2.08. The van der Waals surface area contributed by atoms with Crippen molar-refractivity contribution in [1.29, 1.82) is 0 Å². The van der Waals surface area contributed by atoms with E-state index in [4.69, 9.17) is 5.73 Å². The van der Waals surface area contributed by atoms with Crippen LogP contribution in [0.5, 0.6) is 0 Å². The van der Waals surface area contributed by atoms with E-state index in [0.29, 0.717) is 12.6 Å². The average molecular weight is 307 g/mol. The summed E-state index contributed by atoms with van der Waals surface area (Å²) >= 11 is 3.48. The lowest BCUT2D eigenvalue weighted by Gasteiger charge is -2.10. The van der Waals surface area contributed by atoms with Gasteiger partial charge in [0.15, 0.2) is 5.82 Å². The highest BCUT2D eigenvalue weighted by Gasteiger charge is 2.29. The van der Waals surface area contributed by atoms with Crippen molar-refractivity contribution in [2.24, 2.45) is 5.73 Å². The van der Waals surface area contributed by atoms with E-state index in [9.17, 15) is 0 Å². The number of nitrogens with two attached hydrogens (primary N) is 1. The Balaban J connectivity index is 2.13. The predicted molar refractivity (Wildman–Crippen MR) is 74.1 cm³/mol. The molecular formula is C13H15BrN4. The normalized spacial score (nSPS) is 15.1. The van der Waals surface area contributed by atoms with Crippen molar-refractivity contribution in [2.75, 3.05) is 0 Å². The van der Waals surface area contributed by atoms with Gasteiger partial charge in [0.05, 0.1) is 6.54 Å². The van der Waals surface area contributed by atoms with Gasteiger partial charge in [0, 0.05) is 16.1 Å². The van der Waals surface area contributed by atoms with Gasteiger partial charge in [-0.2, -0.15) is 0 Å². The van der Waals surface area contributed by atoms with Crippen LogP contribution in [0, 0.1) is 6.92 Å². The molecule has 2 N–H and O–H groups in total. The Morgan fingerprint density at radius 2 is 2.17 bits per heavy atom. The molecule has 0 saturated heterocycles. The van der Waals surface area contributed by atoms with E-state index in [1.54, 1.807) is 0 Å².